The largest absolute Gasteiger partial charge is 0.452 e. The number of esters is 1. The second-order valence-electron chi connectivity index (χ2n) is 5.51. The van der Waals surface area contributed by atoms with Crippen molar-refractivity contribution >= 4 is 29.3 Å². The normalized spacial score (nSPS) is 10.0. The van der Waals surface area contributed by atoms with Gasteiger partial charge in [0.05, 0.1) is 5.56 Å². The molecule has 0 saturated carbocycles. The summed E-state index contributed by atoms with van der Waals surface area (Å²) in [5, 5.41) is 5.09. The van der Waals surface area contributed by atoms with Crippen molar-refractivity contribution in [3.8, 4) is 0 Å². The number of urea groups is 1. The Kier molecular flexibility index (Phi) is 5.73. The van der Waals surface area contributed by atoms with Gasteiger partial charge in [-0.1, -0.05) is 12.1 Å². The molecule has 2 rings (SSSR count). The number of aryl methyl sites for hydroxylation is 2. The number of carbonyl (C=O) groups is 3. The molecule has 0 spiro atoms. The van der Waals surface area contributed by atoms with Gasteiger partial charge >= 0.3 is 12.0 Å². The Balaban J connectivity index is 1.89. The molecule has 0 saturated heterocycles. The molecule has 0 unspecified atom stereocenters. The molecule has 2 aromatic carbocycles. The van der Waals surface area contributed by atoms with Crippen molar-refractivity contribution in [3.05, 3.63) is 59.2 Å². The average molecular weight is 341 g/mol. The molecule has 0 bridgehead atoms. The summed E-state index contributed by atoms with van der Waals surface area (Å²) >= 11 is 0. The van der Waals surface area contributed by atoms with Crippen LogP contribution >= 0.6 is 0 Å². The number of nitrogens with one attached hydrogen (secondary N) is 2. The van der Waals surface area contributed by atoms with Gasteiger partial charge in [-0.2, -0.15) is 0 Å². The lowest BCUT2D eigenvalue weighted by atomic mass is 10.1. The molecule has 0 atom stereocenters. The van der Waals surface area contributed by atoms with E-state index in [0.717, 1.165) is 11.1 Å². The Morgan fingerprint density at radius 1 is 1.00 bits per heavy atom. The van der Waals surface area contributed by atoms with Crippen LogP contribution in [0.15, 0.2) is 42.5 Å². The van der Waals surface area contributed by atoms with Gasteiger partial charge in [0.25, 0.3) is 5.91 Å². The molecule has 7 nitrogen and oxygen atoms in total. The van der Waals surface area contributed by atoms with Crippen LogP contribution in [0.4, 0.5) is 16.2 Å². The van der Waals surface area contributed by atoms with Crippen molar-refractivity contribution in [2.75, 3.05) is 17.2 Å². The van der Waals surface area contributed by atoms with E-state index in [4.69, 9.17) is 10.5 Å². The highest BCUT2D eigenvalue weighted by Gasteiger charge is 2.11. The van der Waals surface area contributed by atoms with E-state index in [1.165, 1.54) is 24.3 Å². The van der Waals surface area contributed by atoms with Crippen molar-refractivity contribution in [3.63, 3.8) is 0 Å². The van der Waals surface area contributed by atoms with Gasteiger partial charge in [0.15, 0.2) is 6.61 Å². The first-order chi connectivity index (χ1) is 11.8. The third-order valence-corrected chi connectivity index (χ3v) is 3.39. The number of hydrogen-bond donors (Lipinski definition) is 3. The lowest BCUT2D eigenvalue weighted by Gasteiger charge is -2.10. The summed E-state index contributed by atoms with van der Waals surface area (Å²) in [6.45, 7) is 3.40. The monoisotopic (exact) mass is 341 g/mol. The van der Waals surface area contributed by atoms with Crippen molar-refractivity contribution < 1.29 is 19.1 Å². The van der Waals surface area contributed by atoms with Crippen LogP contribution in [-0.2, 0) is 9.53 Å². The van der Waals surface area contributed by atoms with Crippen molar-refractivity contribution in [1.29, 1.82) is 0 Å². The minimum absolute atomic E-state index is 0.259. The van der Waals surface area contributed by atoms with Crippen LogP contribution < -0.4 is 16.4 Å². The first-order valence-corrected chi connectivity index (χ1v) is 7.56. The van der Waals surface area contributed by atoms with E-state index in [1.807, 2.05) is 32.0 Å². The number of hydrogen-bond acceptors (Lipinski definition) is 4. The number of primary amides is 1. The van der Waals surface area contributed by atoms with Gasteiger partial charge in [-0.15, -0.1) is 0 Å². The van der Waals surface area contributed by atoms with Crippen molar-refractivity contribution in [2.45, 2.75) is 13.8 Å². The predicted octanol–water partition coefficient (Wildman–Crippen LogP) is 2.59. The number of amides is 3. The lowest BCUT2D eigenvalue weighted by molar-refractivity contribution is -0.119. The molecular formula is C18H19N3O4. The SMILES string of the molecule is Cc1ccc(C)c(NC(=O)COC(=O)c2ccc(NC(N)=O)cc2)c1. The van der Waals surface area contributed by atoms with Gasteiger partial charge in [0.1, 0.15) is 0 Å². The molecule has 4 N–H and O–H groups in total. The molecule has 3 amide bonds. The number of anilines is 2. The fourth-order valence-electron chi connectivity index (χ4n) is 2.10. The summed E-state index contributed by atoms with van der Waals surface area (Å²) in [6, 6.07) is 11.0. The van der Waals surface area contributed by atoms with E-state index in [1.54, 1.807) is 0 Å². The number of carbonyl (C=O) groups excluding carboxylic acids is 3. The predicted molar refractivity (Wildman–Crippen MR) is 94.5 cm³/mol. The molecule has 0 aliphatic rings. The van der Waals surface area contributed by atoms with Gasteiger partial charge in [-0.05, 0) is 55.3 Å². The smallest absolute Gasteiger partial charge is 0.338 e. The average Bonchev–Trinajstić information content (AvgIpc) is 2.56. The fraction of sp³-hybridized carbons (Fsp3) is 0.167. The maximum absolute atomic E-state index is 11.9. The standard InChI is InChI=1S/C18H19N3O4/c1-11-3-4-12(2)15(9-11)21-16(22)10-25-17(23)13-5-7-14(8-6-13)20-18(19)24/h3-9H,10H2,1-2H3,(H,21,22)(H3,19,20,24). The highest BCUT2D eigenvalue weighted by molar-refractivity contribution is 5.96. The summed E-state index contributed by atoms with van der Waals surface area (Å²) in [6.07, 6.45) is 0. The van der Waals surface area contributed by atoms with E-state index in [9.17, 15) is 14.4 Å². The summed E-state index contributed by atoms with van der Waals surface area (Å²) in [5.41, 5.74) is 8.33. The third-order valence-electron chi connectivity index (χ3n) is 3.39. The fourth-order valence-corrected chi connectivity index (χ4v) is 2.10. The second kappa shape index (κ2) is 7.96. The second-order valence-corrected chi connectivity index (χ2v) is 5.51. The Morgan fingerprint density at radius 2 is 1.68 bits per heavy atom. The zero-order chi connectivity index (χ0) is 18.4. The molecular weight excluding hydrogens is 322 g/mol. The van der Waals surface area contributed by atoms with Crippen LogP contribution in [-0.4, -0.2) is 24.5 Å². The summed E-state index contributed by atoms with van der Waals surface area (Å²) < 4.78 is 4.99. The first-order valence-electron chi connectivity index (χ1n) is 7.56. The molecule has 7 heteroatoms. The summed E-state index contributed by atoms with van der Waals surface area (Å²) in [4.78, 5) is 34.6. The Morgan fingerprint density at radius 3 is 2.32 bits per heavy atom. The highest BCUT2D eigenvalue weighted by atomic mass is 16.5. The lowest BCUT2D eigenvalue weighted by Crippen LogP contribution is -2.21. The number of ether oxygens (including phenoxy) is 1. The van der Waals surface area contributed by atoms with Gasteiger partial charge in [0, 0.05) is 11.4 Å². The molecule has 0 fully saturated rings. The maximum Gasteiger partial charge on any atom is 0.338 e. The van der Waals surface area contributed by atoms with Gasteiger partial charge in [-0.3, -0.25) is 4.79 Å². The van der Waals surface area contributed by atoms with Crippen LogP contribution in [0.3, 0.4) is 0 Å². The molecule has 0 radical (unpaired) electrons. The summed E-state index contributed by atoms with van der Waals surface area (Å²) in [7, 11) is 0. The van der Waals surface area contributed by atoms with E-state index in [2.05, 4.69) is 10.6 Å². The quantitative estimate of drug-likeness (QED) is 0.726. The minimum Gasteiger partial charge on any atom is -0.452 e. The molecule has 0 aliphatic carbocycles. The molecule has 130 valence electrons. The van der Waals surface area contributed by atoms with E-state index >= 15 is 0 Å². The van der Waals surface area contributed by atoms with Crippen LogP contribution in [0.2, 0.25) is 0 Å². The Bertz CT molecular complexity index is 800. The first kappa shape index (κ1) is 18.0. The van der Waals surface area contributed by atoms with Crippen LogP contribution in [0.25, 0.3) is 0 Å². The molecule has 2 aromatic rings. The van der Waals surface area contributed by atoms with Gasteiger partial charge < -0.3 is 21.1 Å². The number of benzene rings is 2. The van der Waals surface area contributed by atoms with Gasteiger partial charge in [-0.25, -0.2) is 9.59 Å². The zero-order valence-electron chi connectivity index (χ0n) is 14.0. The topological polar surface area (TPSA) is 111 Å². The van der Waals surface area contributed by atoms with Crippen molar-refractivity contribution in [2.24, 2.45) is 5.73 Å². The maximum atomic E-state index is 11.9. The third kappa shape index (κ3) is 5.35. The van der Waals surface area contributed by atoms with Crippen molar-refractivity contribution in [1.82, 2.24) is 0 Å². The van der Waals surface area contributed by atoms with Crippen LogP contribution in [0.5, 0.6) is 0 Å². The number of rotatable bonds is 5. The molecule has 0 aromatic heterocycles. The van der Waals surface area contributed by atoms with E-state index in [-0.39, 0.29) is 5.56 Å². The van der Waals surface area contributed by atoms with E-state index < -0.39 is 24.5 Å². The van der Waals surface area contributed by atoms with Crippen LogP contribution in [0, 0.1) is 13.8 Å². The minimum atomic E-state index is -0.696. The number of nitrogens with two attached hydrogens (primary N) is 1. The molecule has 0 heterocycles. The molecule has 25 heavy (non-hydrogen) atoms. The zero-order valence-corrected chi connectivity index (χ0v) is 14.0. The van der Waals surface area contributed by atoms with Crippen LogP contribution in [0.1, 0.15) is 21.5 Å². The Hall–Kier alpha value is -3.35. The summed E-state index contributed by atoms with van der Waals surface area (Å²) in [5.74, 6) is -1.06. The Labute approximate surface area is 145 Å². The van der Waals surface area contributed by atoms with E-state index in [0.29, 0.717) is 11.4 Å². The molecule has 0 aliphatic heterocycles. The van der Waals surface area contributed by atoms with Gasteiger partial charge in [0.2, 0.25) is 0 Å². The highest BCUT2D eigenvalue weighted by Crippen LogP contribution is 2.16.